The van der Waals surface area contributed by atoms with Gasteiger partial charge < -0.3 is 10.0 Å². The van der Waals surface area contributed by atoms with Crippen molar-refractivity contribution in [3.8, 4) is 5.75 Å². The molecular formula is C17H16BrNO2. The van der Waals surface area contributed by atoms with E-state index in [9.17, 15) is 9.90 Å². The van der Waals surface area contributed by atoms with E-state index in [2.05, 4.69) is 22.0 Å². The molecule has 0 bridgehead atoms. The monoisotopic (exact) mass is 345 g/mol. The number of phenolic OH excluding ortho intramolecular Hbond substituents is 1. The maximum absolute atomic E-state index is 12.4. The van der Waals surface area contributed by atoms with Gasteiger partial charge in [0.2, 0.25) is 5.91 Å². The van der Waals surface area contributed by atoms with Gasteiger partial charge in [0.05, 0.1) is 6.42 Å². The second kappa shape index (κ2) is 5.53. The quantitative estimate of drug-likeness (QED) is 0.904. The molecule has 0 fully saturated rings. The third-order valence-corrected chi connectivity index (χ3v) is 4.65. The minimum Gasteiger partial charge on any atom is -0.508 e. The Hall–Kier alpha value is -1.81. The summed E-state index contributed by atoms with van der Waals surface area (Å²) in [4.78, 5) is 14.3. The zero-order valence-electron chi connectivity index (χ0n) is 11.8. The molecule has 1 amide bonds. The summed E-state index contributed by atoms with van der Waals surface area (Å²) in [5, 5.41) is 9.73. The van der Waals surface area contributed by atoms with Gasteiger partial charge in [-0.2, -0.15) is 0 Å². The maximum Gasteiger partial charge on any atom is 0.227 e. The minimum atomic E-state index is 0.0846. The highest BCUT2D eigenvalue weighted by Crippen LogP contribution is 2.29. The van der Waals surface area contributed by atoms with Crippen LogP contribution < -0.4 is 0 Å². The van der Waals surface area contributed by atoms with Crippen molar-refractivity contribution in [1.82, 2.24) is 4.90 Å². The molecule has 1 aliphatic heterocycles. The smallest absolute Gasteiger partial charge is 0.227 e. The Morgan fingerprint density at radius 2 is 2.10 bits per heavy atom. The highest BCUT2D eigenvalue weighted by Gasteiger charge is 2.24. The van der Waals surface area contributed by atoms with Crippen molar-refractivity contribution in [1.29, 1.82) is 0 Å². The normalized spacial score (nSPS) is 13.3. The summed E-state index contributed by atoms with van der Waals surface area (Å²) < 4.78 is 1.06. The fourth-order valence-electron chi connectivity index (χ4n) is 2.61. The summed E-state index contributed by atoms with van der Waals surface area (Å²) in [5.74, 6) is 0.328. The van der Waals surface area contributed by atoms with Gasteiger partial charge >= 0.3 is 0 Å². The van der Waals surface area contributed by atoms with E-state index in [0.29, 0.717) is 19.5 Å². The molecule has 3 rings (SSSR count). The molecule has 21 heavy (non-hydrogen) atoms. The van der Waals surface area contributed by atoms with E-state index in [1.165, 1.54) is 11.1 Å². The summed E-state index contributed by atoms with van der Waals surface area (Å²) in [7, 11) is 0. The van der Waals surface area contributed by atoms with Gasteiger partial charge in [-0.1, -0.05) is 40.2 Å². The molecule has 0 saturated heterocycles. The number of hydrogen-bond donors (Lipinski definition) is 1. The summed E-state index contributed by atoms with van der Waals surface area (Å²) in [6.45, 7) is 3.15. The summed E-state index contributed by atoms with van der Waals surface area (Å²) in [6.07, 6.45) is 0.319. The van der Waals surface area contributed by atoms with Crippen LogP contribution in [-0.4, -0.2) is 15.9 Å². The number of carbonyl (C=O) groups excluding carboxylic acids is 1. The topological polar surface area (TPSA) is 40.5 Å². The number of nitrogens with zero attached hydrogens (tertiary/aromatic N) is 1. The second-order valence-corrected chi connectivity index (χ2v) is 6.28. The van der Waals surface area contributed by atoms with Crippen molar-refractivity contribution in [2.24, 2.45) is 0 Å². The van der Waals surface area contributed by atoms with Crippen LogP contribution >= 0.6 is 15.9 Å². The molecule has 0 atom stereocenters. The second-order valence-electron chi connectivity index (χ2n) is 5.42. The van der Waals surface area contributed by atoms with E-state index in [0.717, 1.165) is 15.6 Å². The summed E-state index contributed by atoms with van der Waals surface area (Å²) in [5.41, 5.74) is 4.06. The Morgan fingerprint density at radius 1 is 1.29 bits per heavy atom. The summed E-state index contributed by atoms with van der Waals surface area (Å²) in [6, 6.07) is 11.5. The van der Waals surface area contributed by atoms with E-state index in [1.54, 1.807) is 6.07 Å². The first-order valence-electron chi connectivity index (χ1n) is 6.87. The minimum absolute atomic E-state index is 0.0846. The highest BCUT2D eigenvalue weighted by atomic mass is 79.9. The number of aryl methyl sites for hydroxylation is 1. The van der Waals surface area contributed by atoms with Crippen LogP contribution in [0, 0.1) is 6.92 Å². The number of benzene rings is 2. The molecule has 0 saturated carbocycles. The van der Waals surface area contributed by atoms with Crippen LogP contribution in [0.1, 0.15) is 22.3 Å². The van der Waals surface area contributed by atoms with E-state index in [4.69, 9.17) is 0 Å². The molecule has 3 nitrogen and oxygen atoms in total. The SMILES string of the molecule is Cc1ccc(CC(=O)N2Cc3cccc(Br)c3C2)cc1O. The van der Waals surface area contributed by atoms with E-state index >= 15 is 0 Å². The first-order valence-corrected chi connectivity index (χ1v) is 7.66. The summed E-state index contributed by atoms with van der Waals surface area (Å²) >= 11 is 3.54. The lowest BCUT2D eigenvalue weighted by atomic mass is 10.1. The largest absolute Gasteiger partial charge is 0.508 e. The van der Waals surface area contributed by atoms with Gasteiger partial charge in [-0.05, 0) is 41.3 Å². The van der Waals surface area contributed by atoms with Crippen molar-refractivity contribution in [2.45, 2.75) is 26.4 Å². The number of fused-ring (bicyclic) bond motifs is 1. The average molecular weight is 346 g/mol. The van der Waals surface area contributed by atoms with Crippen LogP contribution in [0.15, 0.2) is 40.9 Å². The third-order valence-electron chi connectivity index (χ3n) is 3.91. The molecular weight excluding hydrogens is 330 g/mol. The molecule has 1 aliphatic rings. The van der Waals surface area contributed by atoms with Gasteiger partial charge in [0.1, 0.15) is 5.75 Å². The fraction of sp³-hybridized carbons (Fsp3) is 0.235. The molecule has 1 heterocycles. The number of halogens is 1. The van der Waals surface area contributed by atoms with Crippen molar-refractivity contribution in [3.63, 3.8) is 0 Å². The fourth-order valence-corrected chi connectivity index (χ4v) is 3.14. The number of phenols is 1. The van der Waals surface area contributed by atoms with Gasteiger partial charge in [-0.25, -0.2) is 0 Å². The third kappa shape index (κ3) is 2.81. The van der Waals surface area contributed by atoms with E-state index < -0.39 is 0 Å². The molecule has 0 spiro atoms. The van der Waals surface area contributed by atoms with Crippen molar-refractivity contribution >= 4 is 21.8 Å². The Labute approximate surface area is 132 Å². The molecule has 108 valence electrons. The standard InChI is InChI=1S/C17H16BrNO2/c1-11-5-6-12(7-16(11)20)8-17(21)19-9-13-3-2-4-15(18)14(13)10-19/h2-7,20H,8-10H2,1H3. The maximum atomic E-state index is 12.4. The van der Waals surface area contributed by atoms with Gasteiger partial charge in [0.15, 0.2) is 0 Å². The number of aromatic hydroxyl groups is 1. The van der Waals surface area contributed by atoms with Gasteiger partial charge in [0, 0.05) is 17.6 Å². The average Bonchev–Trinajstić information content (AvgIpc) is 2.89. The number of carbonyl (C=O) groups is 1. The van der Waals surface area contributed by atoms with Crippen LogP contribution in [-0.2, 0) is 24.3 Å². The zero-order chi connectivity index (χ0) is 15.0. The molecule has 0 aromatic heterocycles. The van der Waals surface area contributed by atoms with Crippen LogP contribution in [0.25, 0.3) is 0 Å². The van der Waals surface area contributed by atoms with Crippen molar-refractivity contribution in [2.75, 3.05) is 0 Å². The first kappa shape index (κ1) is 14.1. The number of amides is 1. The van der Waals surface area contributed by atoms with Crippen molar-refractivity contribution < 1.29 is 9.90 Å². The molecule has 0 aliphatic carbocycles. The van der Waals surface area contributed by atoms with E-state index in [1.807, 2.05) is 36.1 Å². The molecule has 0 unspecified atom stereocenters. The molecule has 0 radical (unpaired) electrons. The van der Waals surface area contributed by atoms with Gasteiger partial charge in [-0.15, -0.1) is 0 Å². The lowest BCUT2D eigenvalue weighted by Gasteiger charge is -2.15. The van der Waals surface area contributed by atoms with E-state index in [-0.39, 0.29) is 11.7 Å². The first-order chi connectivity index (χ1) is 10.0. The van der Waals surface area contributed by atoms with Gasteiger partial charge in [0.25, 0.3) is 0 Å². The van der Waals surface area contributed by atoms with Crippen LogP contribution in [0.4, 0.5) is 0 Å². The van der Waals surface area contributed by atoms with Crippen LogP contribution in [0.3, 0.4) is 0 Å². The lowest BCUT2D eigenvalue weighted by molar-refractivity contribution is -0.131. The molecule has 4 heteroatoms. The number of rotatable bonds is 2. The Balaban J connectivity index is 1.73. The highest BCUT2D eigenvalue weighted by molar-refractivity contribution is 9.10. The lowest BCUT2D eigenvalue weighted by Crippen LogP contribution is -2.26. The van der Waals surface area contributed by atoms with Crippen molar-refractivity contribution in [3.05, 3.63) is 63.1 Å². The Morgan fingerprint density at radius 3 is 2.81 bits per heavy atom. The molecule has 2 aromatic carbocycles. The van der Waals surface area contributed by atoms with Gasteiger partial charge in [-0.3, -0.25) is 4.79 Å². The molecule has 2 aromatic rings. The predicted molar refractivity (Wildman–Crippen MR) is 84.9 cm³/mol. The van der Waals surface area contributed by atoms with Crippen LogP contribution in [0.2, 0.25) is 0 Å². The number of hydrogen-bond acceptors (Lipinski definition) is 2. The Bertz CT molecular complexity index is 712. The zero-order valence-corrected chi connectivity index (χ0v) is 13.4. The predicted octanol–water partition coefficient (Wildman–Crippen LogP) is 3.55. The van der Waals surface area contributed by atoms with Crippen LogP contribution in [0.5, 0.6) is 5.75 Å². The molecule has 1 N–H and O–H groups in total. The Kier molecular flexibility index (Phi) is 3.72.